The van der Waals surface area contributed by atoms with Gasteiger partial charge in [-0.15, -0.1) is 11.3 Å². The summed E-state index contributed by atoms with van der Waals surface area (Å²) < 4.78 is 0. The van der Waals surface area contributed by atoms with Crippen molar-refractivity contribution in [3.8, 4) is 0 Å². The summed E-state index contributed by atoms with van der Waals surface area (Å²) in [6, 6.07) is -1.24. The number of carbonyl (C=O) groups excluding carboxylic acids is 3. The molecule has 0 bridgehead atoms. The van der Waals surface area contributed by atoms with Crippen LogP contribution >= 0.6 is 11.3 Å². The minimum absolute atomic E-state index is 0.0698. The molecule has 2 N–H and O–H groups in total. The average molecular weight is 396 g/mol. The topological polar surface area (TPSA) is 94.6 Å². The highest BCUT2D eigenvalue weighted by atomic mass is 32.1. The Hall–Kier alpha value is -2.00. The summed E-state index contributed by atoms with van der Waals surface area (Å²) >= 11 is 1.57. The van der Waals surface area contributed by atoms with E-state index < -0.39 is 12.1 Å². The lowest BCUT2D eigenvalue weighted by Gasteiger charge is -2.22. The molecule has 2 heterocycles. The first kappa shape index (κ1) is 21.3. The molecule has 1 atom stereocenters. The Balaban J connectivity index is 1.86. The van der Waals surface area contributed by atoms with Gasteiger partial charge in [-0.25, -0.2) is 14.8 Å². The van der Waals surface area contributed by atoms with Crippen LogP contribution in [0, 0.1) is 0 Å². The first-order valence-corrected chi connectivity index (χ1v) is 10.1. The fraction of sp³-hybridized carbons (Fsp3) is 0.667. The van der Waals surface area contributed by atoms with Gasteiger partial charge in [0.15, 0.2) is 5.78 Å². The normalized spacial score (nSPS) is 15.6. The molecule has 3 amide bonds. The number of urea groups is 1. The van der Waals surface area contributed by atoms with Crippen molar-refractivity contribution in [2.75, 3.05) is 20.1 Å². The number of hydrogen-bond acceptors (Lipinski definition) is 6. The lowest BCUT2D eigenvalue weighted by molar-refractivity contribution is -0.129. The van der Waals surface area contributed by atoms with Crippen LogP contribution in [0.5, 0.6) is 0 Å². The highest BCUT2D eigenvalue weighted by Crippen LogP contribution is 2.19. The van der Waals surface area contributed by atoms with E-state index in [1.165, 1.54) is 11.8 Å². The number of amides is 3. The first-order chi connectivity index (χ1) is 12.8. The van der Waals surface area contributed by atoms with Crippen LogP contribution in [-0.2, 0) is 16.1 Å². The van der Waals surface area contributed by atoms with Crippen molar-refractivity contribution in [1.82, 2.24) is 25.6 Å². The molecule has 1 aliphatic rings. The van der Waals surface area contributed by atoms with Crippen molar-refractivity contribution in [1.29, 1.82) is 0 Å². The van der Waals surface area contributed by atoms with E-state index in [4.69, 9.17) is 0 Å². The SMILES string of the molecule is CC(=O)C(CC(=O)NN1CCCC1)NC(=O)N(C)Cc1csc(C(C)C)n1. The molecule has 1 unspecified atom stereocenters. The number of carbonyl (C=O) groups is 3. The number of nitrogens with zero attached hydrogens (tertiary/aromatic N) is 3. The van der Waals surface area contributed by atoms with Crippen molar-refractivity contribution < 1.29 is 14.4 Å². The van der Waals surface area contributed by atoms with Gasteiger partial charge in [-0.1, -0.05) is 13.8 Å². The van der Waals surface area contributed by atoms with Gasteiger partial charge >= 0.3 is 6.03 Å². The predicted octanol–water partition coefficient (Wildman–Crippen LogP) is 1.88. The number of nitrogens with one attached hydrogen (secondary N) is 2. The average Bonchev–Trinajstić information content (AvgIpc) is 3.25. The van der Waals surface area contributed by atoms with Crippen LogP contribution in [0.4, 0.5) is 4.79 Å². The summed E-state index contributed by atoms with van der Waals surface area (Å²) in [5, 5.41) is 7.47. The number of hydrazine groups is 1. The maximum atomic E-state index is 12.4. The third-order valence-corrected chi connectivity index (χ3v) is 5.57. The molecule has 1 aliphatic heterocycles. The maximum Gasteiger partial charge on any atom is 0.318 e. The molecule has 1 saturated heterocycles. The number of thiazole rings is 1. The van der Waals surface area contributed by atoms with Gasteiger partial charge in [0, 0.05) is 31.4 Å². The molecule has 1 aromatic heterocycles. The van der Waals surface area contributed by atoms with Gasteiger partial charge in [-0.2, -0.15) is 0 Å². The number of hydrogen-bond donors (Lipinski definition) is 2. The largest absolute Gasteiger partial charge is 0.328 e. The molecule has 27 heavy (non-hydrogen) atoms. The molecule has 8 nitrogen and oxygen atoms in total. The lowest BCUT2D eigenvalue weighted by atomic mass is 10.1. The first-order valence-electron chi connectivity index (χ1n) is 9.27. The van der Waals surface area contributed by atoms with Gasteiger partial charge in [-0.3, -0.25) is 15.0 Å². The van der Waals surface area contributed by atoms with Gasteiger partial charge < -0.3 is 10.2 Å². The number of Topliss-reactive ketones (excluding diaryl/α,β-unsaturated/α-hetero) is 1. The number of ketones is 1. The number of aromatic nitrogens is 1. The lowest BCUT2D eigenvalue weighted by Crippen LogP contribution is -2.49. The Kier molecular flexibility index (Phi) is 7.73. The molecule has 0 radical (unpaired) electrons. The van der Waals surface area contributed by atoms with Gasteiger partial charge in [-0.05, 0) is 19.8 Å². The summed E-state index contributed by atoms with van der Waals surface area (Å²) in [6.45, 7) is 7.51. The zero-order chi connectivity index (χ0) is 20.0. The van der Waals surface area contributed by atoms with Gasteiger partial charge in [0.05, 0.1) is 29.7 Å². The minimum atomic E-state index is -0.843. The van der Waals surface area contributed by atoms with Crippen LogP contribution in [0.1, 0.15) is 56.7 Å². The smallest absolute Gasteiger partial charge is 0.318 e. The Morgan fingerprint density at radius 2 is 1.96 bits per heavy atom. The monoisotopic (exact) mass is 395 g/mol. The van der Waals surface area contributed by atoms with E-state index in [1.54, 1.807) is 18.4 Å². The predicted molar refractivity (Wildman–Crippen MR) is 104 cm³/mol. The van der Waals surface area contributed by atoms with Crippen LogP contribution in [0.2, 0.25) is 0 Å². The zero-order valence-electron chi connectivity index (χ0n) is 16.4. The molecule has 2 rings (SSSR count). The summed E-state index contributed by atoms with van der Waals surface area (Å²) in [6.07, 6.45) is 2.03. The third-order valence-electron chi connectivity index (χ3n) is 4.38. The standard InChI is InChI=1S/C18H29N5O3S/c1-12(2)17-19-14(11-27-17)10-22(4)18(26)20-15(13(3)24)9-16(25)21-23-7-5-6-8-23/h11-12,15H,5-10H2,1-4H3,(H,20,26)(H,21,25). The minimum Gasteiger partial charge on any atom is -0.328 e. The molecular weight excluding hydrogens is 366 g/mol. The summed E-state index contributed by atoms with van der Waals surface area (Å²) in [5.74, 6) is -0.163. The Morgan fingerprint density at radius 3 is 2.52 bits per heavy atom. The second kappa shape index (κ2) is 9.80. The maximum absolute atomic E-state index is 12.4. The van der Waals surface area contributed by atoms with Gasteiger partial charge in [0.25, 0.3) is 0 Å². The second-order valence-electron chi connectivity index (χ2n) is 7.23. The van der Waals surface area contributed by atoms with Crippen LogP contribution in [0.15, 0.2) is 5.38 Å². The summed E-state index contributed by atoms with van der Waals surface area (Å²) in [7, 11) is 1.64. The third kappa shape index (κ3) is 6.59. The Morgan fingerprint density at radius 1 is 1.30 bits per heavy atom. The van der Waals surface area contributed by atoms with Gasteiger partial charge in [0.1, 0.15) is 0 Å². The van der Waals surface area contributed by atoms with Gasteiger partial charge in [0.2, 0.25) is 5.91 Å². The Bertz CT molecular complexity index is 670. The highest BCUT2D eigenvalue weighted by Gasteiger charge is 2.24. The van der Waals surface area contributed by atoms with E-state index in [-0.39, 0.29) is 18.1 Å². The van der Waals surface area contributed by atoms with Crippen molar-refractivity contribution >= 4 is 29.1 Å². The summed E-state index contributed by atoms with van der Waals surface area (Å²) in [4.78, 5) is 42.4. The van der Waals surface area contributed by atoms with Crippen molar-refractivity contribution in [2.24, 2.45) is 0 Å². The molecule has 0 saturated carbocycles. The van der Waals surface area contributed by atoms with E-state index in [0.29, 0.717) is 12.5 Å². The molecular formula is C18H29N5O3S. The van der Waals surface area contributed by atoms with Crippen molar-refractivity contribution in [3.63, 3.8) is 0 Å². The van der Waals surface area contributed by atoms with Crippen LogP contribution in [0.3, 0.4) is 0 Å². The molecule has 150 valence electrons. The zero-order valence-corrected chi connectivity index (χ0v) is 17.3. The molecule has 0 spiro atoms. The van der Waals surface area contributed by atoms with E-state index in [2.05, 4.69) is 29.6 Å². The van der Waals surface area contributed by atoms with E-state index in [0.717, 1.165) is 36.6 Å². The second-order valence-corrected chi connectivity index (χ2v) is 8.12. The Labute approximate surface area is 164 Å². The van der Waals surface area contributed by atoms with E-state index in [1.807, 2.05) is 10.4 Å². The summed E-state index contributed by atoms with van der Waals surface area (Å²) in [5.41, 5.74) is 3.60. The highest BCUT2D eigenvalue weighted by molar-refractivity contribution is 7.09. The molecule has 0 aliphatic carbocycles. The van der Waals surface area contributed by atoms with Crippen LogP contribution < -0.4 is 10.7 Å². The van der Waals surface area contributed by atoms with Crippen molar-refractivity contribution in [3.05, 3.63) is 16.1 Å². The molecule has 0 aromatic carbocycles. The number of rotatable bonds is 8. The van der Waals surface area contributed by atoms with E-state index in [9.17, 15) is 14.4 Å². The molecule has 1 fully saturated rings. The van der Waals surface area contributed by atoms with Crippen molar-refractivity contribution in [2.45, 2.75) is 58.5 Å². The van der Waals surface area contributed by atoms with E-state index >= 15 is 0 Å². The fourth-order valence-electron chi connectivity index (χ4n) is 2.77. The quantitative estimate of drug-likeness (QED) is 0.701. The molecule has 9 heteroatoms. The van der Waals surface area contributed by atoms with Crippen LogP contribution in [-0.4, -0.2) is 58.8 Å². The molecule has 1 aromatic rings. The van der Waals surface area contributed by atoms with Crippen LogP contribution in [0.25, 0.3) is 0 Å². The fourth-order valence-corrected chi connectivity index (χ4v) is 3.59.